The second-order valence-electron chi connectivity index (χ2n) is 6.44. The van der Waals surface area contributed by atoms with Crippen LogP contribution in [-0.4, -0.2) is 36.2 Å². The van der Waals surface area contributed by atoms with Gasteiger partial charge >= 0.3 is 0 Å². The van der Waals surface area contributed by atoms with E-state index in [1.54, 1.807) is 12.3 Å². The van der Waals surface area contributed by atoms with Crippen molar-refractivity contribution >= 4 is 0 Å². The number of aromatic nitrogens is 5. The van der Waals surface area contributed by atoms with Crippen molar-refractivity contribution in [1.82, 2.24) is 29.6 Å². The summed E-state index contributed by atoms with van der Waals surface area (Å²) in [5.41, 5.74) is 3.45. The molecular formula is C18H17F3N6. The molecule has 0 aromatic carbocycles. The largest absolute Gasteiger partial charge is 0.297 e. The molecule has 0 aliphatic carbocycles. The van der Waals surface area contributed by atoms with Crippen LogP contribution in [0.3, 0.4) is 0 Å². The van der Waals surface area contributed by atoms with Crippen LogP contribution < -0.4 is 0 Å². The van der Waals surface area contributed by atoms with Crippen LogP contribution in [0.15, 0.2) is 30.7 Å². The molecule has 1 aliphatic rings. The van der Waals surface area contributed by atoms with Gasteiger partial charge in [-0.3, -0.25) is 14.6 Å². The SMILES string of the molecule is Cc1c(-c2ncccc2F)nn2c1CN(Cc1cnc(C(F)F)nc1)CC2. The number of fused-ring (bicyclic) bond motifs is 1. The number of hydrogen-bond donors (Lipinski definition) is 0. The molecule has 27 heavy (non-hydrogen) atoms. The van der Waals surface area contributed by atoms with Gasteiger partial charge in [0.1, 0.15) is 11.4 Å². The van der Waals surface area contributed by atoms with Gasteiger partial charge in [0, 0.05) is 49.4 Å². The van der Waals surface area contributed by atoms with E-state index in [1.807, 2.05) is 11.6 Å². The Morgan fingerprint density at radius 1 is 1.11 bits per heavy atom. The van der Waals surface area contributed by atoms with Gasteiger partial charge in [0.2, 0.25) is 0 Å². The molecule has 0 spiro atoms. The van der Waals surface area contributed by atoms with Gasteiger partial charge in [-0.15, -0.1) is 0 Å². The Balaban J connectivity index is 1.54. The van der Waals surface area contributed by atoms with Gasteiger partial charge in [-0.2, -0.15) is 5.10 Å². The topological polar surface area (TPSA) is 59.7 Å². The minimum absolute atomic E-state index is 0.249. The smallest absolute Gasteiger partial charge is 0.291 e. The first-order valence-corrected chi connectivity index (χ1v) is 8.51. The van der Waals surface area contributed by atoms with E-state index in [0.717, 1.165) is 23.4 Å². The minimum atomic E-state index is -2.67. The highest BCUT2D eigenvalue weighted by Gasteiger charge is 2.24. The van der Waals surface area contributed by atoms with Crippen molar-refractivity contribution in [2.75, 3.05) is 6.54 Å². The van der Waals surface area contributed by atoms with Crippen LogP contribution in [0.2, 0.25) is 0 Å². The quantitative estimate of drug-likeness (QED) is 0.702. The Hall–Kier alpha value is -2.81. The standard InChI is InChI=1S/C18H17F3N6/c1-11-14-10-26(9-12-7-23-18(17(20)21)24-8-12)5-6-27(14)25-15(11)16-13(19)3-2-4-22-16/h2-4,7-8,17H,5-6,9-10H2,1H3. The first-order valence-electron chi connectivity index (χ1n) is 8.51. The summed E-state index contributed by atoms with van der Waals surface area (Å²) >= 11 is 0. The highest BCUT2D eigenvalue weighted by atomic mass is 19.3. The van der Waals surface area contributed by atoms with E-state index in [-0.39, 0.29) is 5.69 Å². The Bertz CT molecular complexity index is 954. The van der Waals surface area contributed by atoms with Crippen LogP contribution in [0.5, 0.6) is 0 Å². The number of pyridine rings is 1. The van der Waals surface area contributed by atoms with Crippen LogP contribution in [-0.2, 0) is 19.6 Å². The molecule has 0 radical (unpaired) electrons. The highest BCUT2D eigenvalue weighted by molar-refractivity contribution is 5.60. The van der Waals surface area contributed by atoms with Crippen molar-refractivity contribution in [2.24, 2.45) is 0 Å². The maximum atomic E-state index is 14.1. The van der Waals surface area contributed by atoms with Gasteiger partial charge in [0.25, 0.3) is 6.43 Å². The van der Waals surface area contributed by atoms with Crippen LogP contribution in [0.1, 0.15) is 29.1 Å². The number of hydrogen-bond acceptors (Lipinski definition) is 5. The molecule has 0 fully saturated rings. The molecule has 0 amide bonds. The summed E-state index contributed by atoms with van der Waals surface area (Å²) < 4.78 is 41.1. The van der Waals surface area contributed by atoms with Crippen molar-refractivity contribution in [1.29, 1.82) is 0 Å². The molecule has 9 heteroatoms. The monoisotopic (exact) mass is 374 g/mol. The lowest BCUT2D eigenvalue weighted by Gasteiger charge is -2.27. The number of alkyl halides is 2. The second kappa shape index (κ2) is 7.07. The molecule has 4 rings (SSSR count). The number of rotatable bonds is 4. The Labute approximate surface area is 153 Å². The van der Waals surface area contributed by atoms with Gasteiger partial charge < -0.3 is 0 Å². The first-order chi connectivity index (χ1) is 13.0. The van der Waals surface area contributed by atoms with Crippen molar-refractivity contribution in [3.05, 3.63) is 59.2 Å². The molecule has 4 heterocycles. The van der Waals surface area contributed by atoms with E-state index < -0.39 is 18.1 Å². The van der Waals surface area contributed by atoms with E-state index in [1.165, 1.54) is 18.5 Å². The fourth-order valence-corrected chi connectivity index (χ4v) is 3.24. The molecule has 0 atom stereocenters. The predicted molar refractivity (Wildman–Crippen MR) is 91.3 cm³/mol. The molecule has 0 saturated heterocycles. The summed E-state index contributed by atoms with van der Waals surface area (Å²) in [7, 11) is 0. The van der Waals surface area contributed by atoms with Gasteiger partial charge in [-0.05, 0) is 19.1 Å². The molecule has 1 aliphatic heterocycles. The lowest BCUT2D eigenvalue weighted by molar-refractivity contribution is 0.140. The van der Waals surface area contributed by atoms with Gasteiger partial charge in [0.05, 0.1) is 12.2 Å². The summed E-state index contributed by atoms with van der Waals surface area (Å²) in [6.07, 6.45) is 1.74. The van der Waals surface area contributed by atoms with Crippen molar-refractivity contribution in [2.45, 2.75) is 33.0 Å². The Kier molecular flexibility index (Phi) is 4.61. The van der Waals surface area contributed by atoms with E-state index in [4.69, 9.17) is 0 Å². The zero-order chi connectivity index (χ0) is 19.0. The molecule has 3 aromatic heterocycles. The summed E-state index contributed by atoms with van der Waals surface area (Å²) in [5, 5.41) is 4.53. The average molecular weight is 374 g/mol. The highest BCUT2D eigenvalue weighted by Crippen LogP contribution is 2.28. The van der Waals surface area contributed by atoms with Crippen LogP contribution in [0.4, 0.5) is 13.2 Å². The van der Waals surface area contributed by atoms with Gasteiger partial charge in [0.15, 0.2) is 11.6 Å². The molecular weight excluding hydrogens is 357 g/mol. The Morgan fingerprint density at radius 2 is 1.89 bits per heavy atom. The van der Waals surface area contributed by atoms with Gasteiger partial charge in [-0.1, -0.05) is 0 Å². The molecule has 0 unspecified atom stereocenters. The maximum absolute atomic E-state index is 14.1. The summed E-state index contributed by atoms with van der Waals surface area (Å²) in [6, 6.07) is 2.92. The summed E-state index contributed by atoms with van der Waals surface area (Å²) in [6.45, 7) is 4.45. The zero-order valence-electron chi connectivity index (χ0n) is 14.6. The number of nitrogens with zero attached hydrogens (tertiary/aromatic N) is 6. The lowest BCUT2D eigenvalue weighted by atomic mass is 10.1. The summed E-state index contributed by atoms with van der Waals surface area (Å²) in [5.74, 6) is -0.863. The van der Waals surface area contributed by atoms with Crippen LogP contribution >= 0.6 is 0 Å². The van der Waals surface area contributed by atoms with E-state index in [2.05, 4.69) is 25.0 Å². The zero-order valence-corrected chi connectivity index (χ0v) is 14.6. The molecule has 140 valence electrons. The second-order valence-corrected chi connectivity index (χ2v) is 6.44. The molecule has 0 N–H and O–H groups in total. The fourth-order valence-electron chi connectivity index (χ4n) is 3.24. The Morgan fingerprint density at radius 3 is 2.59 bits per heavy atom. The van der Waals surface area contributed by atoms with E-state index >= 15 is 0 Å². The third-order valence-corrected chi connectivity index (χ3v) is 4.63. The number of halogens is 3. The molecule has 0 saturated carbocycles. The first kappa shape index (κ1) is 17.6. The molecule has 0 bridgehead atoms. The van der Waals surface area contributed by atoms with E-state index in [9.17, 15) is 13.2 Å². The van der Waals surface area contributed by atoms with Crippen LogP contribution in [0.25, 0.3) is 11.4 Å². The van der Waals surface area contributed by atoms with E-state index in [0.29, 0.717) is 25.3 Å². The van der Waals surface area contributed by atoms with Crippen molar-refractivity contribution in [3.8, 4) is 11.4 Å². The predicted octanol–water partition coefficient (Wildman–Crippen LogP) is 3.14. The molecule has 6 nitrogen and oxygen atoms in total. The lowest BCUT2D eigenvalue weighted by Crippen LogP contribution is -2.33. The summed E-state index contributed by atoms with van der Waals surface area (Å²) in [4.78, 5) is 13.7. The average Bonchev–Trinajstić information content (AvgIpc) is 2.99. The fraction of sp³-hybridized carbons (Fsp3) is 0.333. The van der Waals surface area contributed by atoms with Crippen molar-refractivity contribution in [3.63, 3.8) is 0 Å². The normalized spacial score (nSPS) is 14.6. The van der Waals surface area contributed by atoms with Gasteiger partial charge in [-0.25, -0.2) is 23.1 Å². The third kappa shape index (κ3) is 3.42. The van der Waals surface area contributed by atoms with Crippen molar-refractivity contribution < 1.29 is 13.2 Å². The third-order valence-electron chi connectivity index (χ3n) is 4.63. The van der Waals surface area contributed by atoms with Crippen LogP contribution in [0, 0.1) is 12.7 Å². The minimum Gasteiger partial charge on any atom is -0.291 e. The maximum Gasteiger partial charge on any atom is 0.297 e. The molecule has 3 aromatic rings.